The van der Waals surface area contributed by atoms with Gasteiger partial charge in [0.2, 0.25) is 0 Å². The number of benzene rings is 1. The van der Waals surface area contributed by atoms with E-state index < -0.39 is 48.0 Å². The zero-order valence-corrected chi connectivity index (χ0v) is 7.48. The first-order chi connectivity index (χ1) is 6.99. The smallest absolute Gasteiger partial charge is 0.167 e. The molecule has 0 aliphatic rings. The lowest BCUT2D eigenvalue weighted by atomic mass is 10.0. The van der Waals surface area contributed by atoms with Gasteiger partial charge in [0, 0.05) is 19.1 Å². The van der Waals surface area contributed by atoms with Crippen LogP contribution in [0.3, 0.4) is 0 Å². The number of aliphatic hydroxyl groups excluding tert-OH is 2. The van der Waals surface area contributed by atoms with Crippen LogP contribution in [0.1, 0.15) is 18.1 Å². The molecule has 0 aliphatic carbocycles. The highest BCUT2D eigenvalue weighted by Crippen LogP contribution is 2.26. The molecule has 15 heavy (non-hydrogen) atoms. The highest BCUT2D eigenvalue weighted by Gasteiger charge is 2.24. The molecular weight excluding hydrogens is 216 g/mol. The molecule has 0 radical (unpaired) electrons. The lowest BCUT2D eigenvalue weighted by Gasteiger charge is -2.12. The summed E-state index contributed by atoms with van der Waals surface area (Å²) >= 11 is 0. The maximum atomic E-state index is 13.0. The van der Waals surface area contributed by atoms with Gasteiger partial charge in [-0.15, -0.1) is 0 Å². The molecule has 0 saturated carbocycles. The summed E-state index contributed by atoms with van der Waals surface area (Å²) in [5.41, 5.74) is -1.10. The highest BCUT2D eigenvalue weighted by molar-refractivity contribution is 5.24. The van der Waals surface area contributed by atoms with Gasteiger partial charge in [0.05, 0.1) is 11.7 Å². The second-order valence-electron chi connectivity index (χ2n) is 2.91. The number of hydrogen-bond donors (Lipinski definition) is 2. The summed E-state index contributed by atoms with van der Waals surface area (Å²) in [6, 6.07) is 0.0554. The average molecular weight is 224 g/mol. The molecule has 0 aromatic heterocycles. The van der Waals surface area contributed by atoms with Crippen LogP contribution in [0.5, 0.6) is 0 Å². The summed E-state index contributed by atoms with van der Waals surface area (Å²) in [5, 5.41) is 17.6. The number of rotatable bonds is 3. The third-order valence-electron chi connectivity index (χ3n) is 1.88. The largest absolute Gasteiger partial charge is 0.396 e. The Morgan fingerprint density at radius 2 is 1.53 bits per heavy atom. The number of halogens is 4. The van der Waals surface area contributed by atoms with Gasteiger partial charge < -0.3 is 10.2 Å². The minimum atomic E-state index is -1.78. The normalized spacial score (nSPS) is 12.9. The van der Waals surface area contributed by atoms with Crippen molar-refractivity contribution in [3.63, 3.8) is 0 Å². The summed E-state index contributed by atoms with van der Waals surface area (Å²) in [7, 11) is 0. The Balaban J connectivity index is 3.26. The average Bonchev–Trinajstić information content (AvgIpc) is 2.16. The fraction of sp³-hybridized carbons (Fsp3) is 0.333. The summed E-state index contributed by atoms with van der Waals surface area (Å²) in [6.45, 7) is -0.557. The van der Waals surface area contributed by atoms with Gasteiger partial charge in [0.25, 0.3) is 0 Å². The van der Waals surface area contributed by atoms with Crippen LogP contribution in [0.4, 0.5) is 17.6 Å². The van der Waals surface area contributed by atoms with Gasteiger partial charge in [-0.2, -0.15) is 0 Å². The minimum Gasteiger partial charge on any atom is -0.396 e. The predicted octanol–water partition coefficient (Wildman–Crippen LogP) is 1.66. The van der Waals surface area contributed by atoms with E-state index in [9.17, 15) is 17.6 Å². The van der Waals surface area contributed by atoms with E-state index in [0.29, 0.717) is 0 Å². The van der Waals surface area contributed by atoms with Crippen molar-refractivity contribution < 1.29 is 27.8 Å². The van der Waals surface area contributed by atoms with Crippen molar-refractivity contribution in [2.75, 3.05) is 6.61 Å². The molecule has 1 aromatic carbocycles. The van der Waals surface area contributed by atoms with Crippen LogP contribution < -0.4 is 0 Å². The molecule has 1 aromatic rings. The zero-order chi connectivity index (χ0) is 11.6. The fourth-order valence-corrected chi connectivity index (χ4v) is 1.15. The summed E-state index contributed by atoms with van der Waals surface area (Å²) in [6.07, 6.45) is -2.18. The molecule has 0 fully saturated rings. The molecule has 1 rings (SSSR count). The van der Waals surface area contributed by atoms with Crippen LogP contribution >= 0.6 is 0 Å². The first-order valence-electron chi connectivity index (χ1n) is 4.10. The predicted molar refractivity (Wildman–Crippen MR) is 42.9 cm³/mol. The fourth-order valence-electron chi connectivity index (χ4n) is 1.15. The molecule has 84 valence electrons. The van der Waals surface area contributed by atoms with Crippen LogP contribution in [-0.4, -0.2) is 16.8 Å². The molecule has 6 heteroatoms. The molecule has 0 amide bonds. The first-order valence-corrected chi connectivity index (χ1v) is 4.10. The zero-order valence-electron chi connectivity index (χ0n) is 7.48. The lowest BCUT2D eigenvalue weighted by Crippen LogP contribution is -2.09. The first kappa shape index (κ1) is 11.9. The second kappa shape index (κ2) is 4.59. The van der Waals surface area contributed by atoms with Crippen LogP contribution in [0.2, 0.25) is 0 Å². The van der Waals surface area contributed by atoms with Gasteiger partial charge in [-0.25, -0.2) is 17.6 Å². The van der Waals surface area contributed by atoms with Gasteiger partial charge >= 0.3 is 0 Å². The molecule has 0 saturated heterocycles. The van der Waals surface area contributed by atoms with Crippen LogP contribution in [0, 0.1) is 23.3 Å². The van der Waals surface area contributed by atoms with Crippen molar-refractivity contribution in [2.24, 2.45) is 0 Å². The minimum absolute atomic E-state index is 0.0554. The van der Waals surface area contributed by atoms with Gasteiger partial charge in [-0.1, -0.05) is 0 Å². The number of aliphatic hydroxyl groups is 2. The summed E-state index contributed by atoms with van der Waals surface area (Å²) < 4.78 is 51.3. The third kappa shape index (κ3) is 2.27. The third-order valence-corrected chi connectivity index (χ3v) is 1.88. The monoisotopic (exact) mass is 224 g/mol. The Kier molecular flexibility index (Phi) is 3.65. The van der Waals surface area contributed by atoms with Crippen LogP contribution in [-0.2, 0) is 0 Å². The Morgan fingerprint density at radius 3 is 1.93 bits per heavy atom. The second-order valence-corrected chi connectivity index (χ2v) is 2.91. The molecule has 0 bridgehead atoms. The molecule has 0 heterocycles. The Morgan fingerprint density at radius 1 is 1.07 bits per heavy atom. The molecule has 2 N–H and O–H groups in total. The van der Waals surface area contributed by atoms with Crippen molar-refractivity contribution >= 4 is 0 Å². The maximum absolute atomic E-state index is 13.0. The van der Waals surface area contributed by atoms with E-state index in [1.165, 1.54) is 0 Å². The van der Waals surface area contributed by atoms with Gasteiger partial charge in [0.15, 0.2) is 23.3 Å². The molecule has 2 nitrogen and oxygen atoms in total. The van der Waals surface area contributed by atoms with Crippen LogP contribution in [0.15, 0.2) is 6.07 Å². The topological polar surface area (TPSA) is 40.5 Å². The quantitative estimate of drug-likeness (QED) is 0.605. The standard InChI is InChI=1S/C9H8F4O2/c10-4-3-5(11)9(13)7(8(4)12)6(15)1-2-14/h3,6,14-15H,1-2H2. The lowest BCUT2D eigenvalue weighted by molar-refractivity contribution is 0.125. The van der Waals surface area contributed by atoms with Crippen molar-refractivity contribution in [2.45, 2.75) is 12.5 Å². The Bertz CT molecular complexity index is 341. The van der Waals surface area contributed by atoms with Gasteiger partial charge in [0.1, 0.15) is 0 Å². The van der Waals surface area contributed by atoms with E-state index in [-0.39, 0.29) is 6.07 Å². The van der Waals surface area contributed by atoms with E-state index in [1.54, 1.807) is 0 Å². The number of hydrogen-bond acceptors (Lipinski definition) is 2. The van der Waals surface area contributed by atoms with Crippen LogP contribution in [0.25, 0.3) is 0 Å². The molecule has 0 spiro atoms. The molecule has 0 aliphatic heterocycles. The maximum Gasteiger partial charge on any atom is 0.167 e. The van der Waals surface area contributed by atoms with E-state index in [1.807, 2.05) is 0 Å². The molecule has 1 unspecified atom stereocenters. The summed E-state index contributed by atoms with van der Waals surface area (Å²) in [5.74, 6) is -6.45. The van der Waals surface area contributed by atoms with Crippen molar-refractivity contribution in [1.82, 2.24) is 0 Å². The van der Waals surface area contributed by atoms with Crippen molar-refractivity contribution in [3.8, 4) is 0 Å². The van der Waals surface area contributed by atoms with E-state index >= 15 is 0 Å². The Labute approximate surface area is 82.8 Å². The van der Waals surface area contributed by atoms with Crippen molar-refractivity contribution in [3.05, 3.63) is 34.9 Å². The Hall–Kier alpha value is -1.14. The van der Waals surface area contributed by atoms with Gasteiger partial charge in [-0.05, 0) is 0 Å². The van der Waals surface area contributed by atoms with E-state index in [0.717, 1.165) is 0 Å². The molecule has 1 atom stereocenters. The highest BCUT2D eigenvalue weighted by atomic mass is 19.2. The van der Waals surface area contributed by atoms with E-state index in [4.69, 9.17) is 10.2 Å². The van der Waals surface area contributed by atoms with E-state index in [2.05, 4.69) is 0 Å². The molecular formula is C9H8F4O2. The SMILES string of the molecule is OCCC(O)c1c(F)c(F)cc(F)c1F. The summed E-state index contributed by atoms with van der Waals surface area (Å²) in [4.78, 5) is 0. The van der Waals surface area contributed by atoms with Crippen molar-refractivity contribution in [1.29, 1.82) is 0 Å². The van der Waals surface area contributed by atoms with Gasteiger partial charge in [-0.3, -0.25) is 0 Å².